The average Bonchev–Trinajstić information content (AvgIpc) is 3.04. The number of sulfonamides is 1. The second-order valence-electron chi connectivity index (χ2n) is 5.17. The summed E-state index contributed by atoms with van der Waals surface area (Å²) in [6.45, 7) is 4.66. The monoisotopic (exact) mass is 287 g/mol. The van der Waals surface area contributed by atoms with Gasteiger partial charge in [0.15, 0.2) is 5.03 Å². The normalized spacial score (nSPS) is 28.4. The highest BCUT2D eigenvalue weighted by atomic mass is 32.2. The van der Waals surface area contributed by atoms with E-state index < -0.39 is 10.0 Å². The number of imidazole rings is 1. The zero-order valence-electron chi connectivity index (χ0n) is 10.5. The van der Waals surface area contributed by atoms with Gasteiger partial charge in [0, 0.05) is 35.8 Å². The second kappa shape index (κ2) is 4.25. The summed E-state index contributed by atoms with van der Waals surface area (Å²) in [5.41, 5.74) is 0. The van der Waals surface area contributed by atoms with Gasteiger partial charge >= 0.3 is 0 Å². The Morgan fingerprint density at radius 3 is 2.78 bits per heavy atom. The van der Waals surface area contributed by atoms with Crippen LogP contribution in [-0.4, -0.2) is 45.9 Å². The average molecular weight is 287 g/mol. The van der Waals surface area contributed by atoms with E-state index in [1.807, 2.05) is 30.2 Å². The predicted molar refractivity (Wildman–Crippen MR) is 71.2 cm³/mol. The van der Waals surface area contributed by atoms with Crippen LogP contribution in [0.4, 0.5) is 0 Å². The molecule has 0 aliphatic carbocycles. The molecule has 2 aliphatic heterocycles. The van der Waals surface area contributed by atoms with Crippen LogP contribution in [0.15, 0.2) is 17.6 Å². The summed E-state index contributed by atoms with van der Waals surface area (Å²) in [6.07, 6.45) is 4.23. The molecule has 0 radical (unpaired) electrons. The Balaban J connectivity index is 1.90. The van der Waals surface area contributed by atoms with Gasteiger partial charge in [-0.25, -0.2) is 13.4 Å². The van der Waals surface area contributed by atoms with E-state index in [0.717, 1.165) is 12.2 Å². The maximum Gasteiger partial charge on any atom is 0.262 e. The van der Waals surface area contributed by atoms with E-state index in [9.17, 15) is 8.42 Å². The maximum absolute atomic E-state index is 12.5. The first-order chi connectivity index (χ1) is 8.48. The molecule has 3 heterocycles. The molecule has 2 fully saturated rings. The number of thioether (sulfide) groups is 1. The van der Waals surface area contributed by atoms with Gasteiger partial charge in [0.25, 0.3) is 10.0 Å². The lowest BCUT2D eigenvalue weighted by molar-refractivity contribution is 0.408. The first kappa shape index (κ1) is 12.5. The van der Waals surface area contributed by atoms with E-state index in [0.29, 0.717) is 11.8 Å². The third-order valence-electron chi connectivity index (χ3n) is 3.60. The van der Waals surface area contributed by atoms with Gasteiger partial charge in [-0.1, -0.05) is 0 Å². The van der Waals surface area contributed by atoms with Crippen molar-refractivity contribution in [2.24, 2.45) is 0 Å². The molecular formula is C11H17N3O2S2. The lowest BCUT2D eigenvalue weighted by Crippen LogP contribution is -2.39. The summed E-state index contributed by atoms with van der Waals surface area (Å²) in [4.78, 5) is 4.06. The van der Waals surface area contributed by atoms with Crippen LogP contribution in [0.25, 0.3) is 0 Å². The van der Waals surface area contributed by atoms with Crippen LogP contribution in [0.5, 0.6) is 0 Å². The Bertz CT molecular complexity index is 552. The number of hydrogen-bond donors (Lipinski definition) is 0. The Morgan fingerprint density at radius 1 is 1.50 bits per heavy atom. The van der Waals surface area contributed by atoms with Gasteiger partial charge in [-0.2, -0.15) is 16.1 Å². The third kappa shape index (κ3) is 1.88. The molecule has 0 N–H and O–H groups in total. The molecule has 0 spiro atoms. The molecule has 0 amide bonds. The largest absolute Gasteiger partial charge is 0.334 e. The smallest absolute Gasteiger partial charge is 0.262 e. The van der Waals surface area contributed by atoms with E-state index >= 15 is 0 Å². The molecule has 2 atom stereocenters. The molecule has 2 saturated heterocycles. The molecule has 1 aromatic rings. The SMILES string of the molecule is CC(C)n1cnc(S(=O)(=O)N2C[C@H]3C[C@H]2CS3)c1. The van der Waals surface area contributed by atoms with Gasteiger partial charge < -0.3 is 4.57 Å². The summed E-state index contributed by atoms with van der Waals surface area (Å²) in [7, 11) is -3.39. The summed E-state index contributed by atoms with van der Waals surface area (Å²) in [5, 5.41) is 0.672. The quantitative estimate of drug-likeness (QED) is 0.842. The van der Waals surface area contributed by atoms with E-state index in [2.05, 4.69) is 4.98 Å². The van der Waals surface area contributed by atoms with E-state index in [-0.39, 0.29) is 17.1 Å². The molecule has 0 aromatic carbocycles. The number of fused-ring (bicyclic) bond motifs is 2. The Morgan fingerprint density at radius 2 is 2.28 bits per heavy atom. The third-order valence-corrected chi connectivity index (χ3v) is 6.79. The van der Waals surface area contributed by atoms with Crippen molar-refractivity contribution in [3.05, 3.63) is 12.5 Å². The number of rotatable bonds is 3. The molecule has 2 aliphatic rings. The van der Waals surface area contributed by atoms with Crippen molar-refractivity contribution in [1.82, 2.24) is 13.9 Å². The molecular weight excluding hydrogens is 270 g/mol. The number of hydrogen-bond acceptors (Lipinski definition) is 4. The van der Waals surface area contributed by atoms with Crippen molar-refractivity contribution in [2.75, 3.05) is 12.3 Å². The molecule has 0 saturated carbocycles. The lowest BCUT2D eigenvalue weighted by Gasteiger charge is -2.24. The minimum atomic E-state index is -3.39. The topological polar surface area (TPSA) is 55.2 Å². The molecule has 18 heavy (non-hydrogen) atoms. The van der Waals surface area contributed by atoms with Gasteiger partial charge in [-0.3, -0.25) is 0 Å². The Kier molecular flexibility index (Phi) is 2.95. The number of aromatic nitrogens is 2. The molecule has 3 rings (SSSR count). The highest BCUT2D eigenvalue weighted by molar-refractivity contribution is 8.00. The first-order valence-corrected chi connectivity index (χ1v) is 8.64. The van der Waals surface area contributed by atoms with Crippen LogP contribution in [-0.2, 0) is 10.0 Å². The van der Waals surface area contributed by atoms with Gasteiger partial charge in [0.1, 0.15) is 0 Å². The molecule has 100 valence electrons. The maximum atomic E-state index is 12.5. The molecule has 0 unspecified atom stereocenters. The highest BCUT2D eigenvalue weighted by Gasteiger charge is 2.45. The van der Waals surface area contributed by atoms with E-state index in [1.165, 1.54) is 0 Å². The van der Waals surface area contributed by atoms with Crippen molar-refractivity contribution in [3.63, 3.8) is 0 Å². The molecule has 1 aromatic heterocycles. The van der Waals surface area contributed by atoms with Gasteiger partial charge in [0.05, 0.1) is 6.33 Å². The van der Waals surface area contributed by atoms with Crippen molar-refractivity contribution < 1.29 is 8.42 Å². The predicted octanol–water partition coefficient (Wildman–Crippen LogP) is 1.34. The second-order valence-corrected chi connectivity index (χ2v) is 8.34. The summed E-state index contributed by atoms with van der Waals surface area (Å²) in [6, 6.07) is 0.404. The molecule has 2 bridgehead atoms. The first-order valence-electron chi connectivity index (χ1n) is 6.15. The van der Waals surface area contributed by atoms with E-state index in [4.69, 9.17) is 0 Å². The molecule has 5 nitrogen and oxygen atoms in total. The van der Waals surface area contributed by atoms with Crippen LogP contribution in [0.1, 0.15) is 26.3 Å². The Labute approximate surface area is 112 Å². The lowest BCUT2D eigenvalue weighted by atomic mass is 10.3. The fourth-order valence-corrected chi connectivity index (χ4v) is 5.74. The molecule has 7 heteroatoms. The van der Waals surface area contributed by atoms with Crippen LogP contribution in [0.2, 0.25) is 0 Å². The van der Waals surface area contributed by atoms with Gasteiger partial charge in [0.2, 0.25) is 0 Å². The zero-order valence-corrected chi connectivity index (χ0v) is 12.1. The number of nitrogens with zero attached hydrogens (tertiary/aromatic N) is 3. The van der Waals surface area contributed by atoms with E-state index in [1.54, 1.807) is 16.8 Å². The minimum absolute atomic E-state index is 0.175. The summed E-state index contributed by atoms with van der Waals surface area (Å²) in [5.74, 6) is 0.925. The highest BCUT2D eigenvalue weighted by Crippen LogP contribution is 2.40. The van der Waals surface area contributed by atoms with Gasteiger partial charge in [-0.15, -0.1) is 0 Å². The van der Waals surface area contributed by atoms with Crippen LogP contribution >= 0.6 is 11.8 Å². The minimum Gasteiger partial charge on any atom is -0.334 e. The summed E-state index contributed by atoms with van der Waals surface area (Å²) < 4.78 is 28.5. The zero-order chi connectivity index (χ0) is 12.9. The fraction of sp³-hybridized carbons (Fsp3) is 0.727. The van der Waals surface area contributed by atoms with Crippen LogP contribution in [0.3, 0.4) is 0 Å². The standard InChI is InChI=1S/C11H17N3O2S2/c1-8(2)13-5-11(12-7-13)18(15,16)14-4-10-3-9(14)6-17-10/h5,7-10H,3-4,6H2,1-2H3/t9-,10+/m0/s1. The van der Waals surface area contributed by atoms with Crippen molar-refractivity contribution >= 4 is 21.8 Å². The fourth-order valence-electron chi connectivity index (χ4n) is 2.51. The van der Waals surface area contributed by atoms with Crippen LogP contribution < -0.4 is 0 Å². The summed E-state index contributed by atoms with van der Waals surface area (Å²) >= 11 is 1.89. The van der Waals surface area contributed by atoms with Gasteiger partial charge in [-0.05, 0) is 20.3 Å². The van der Waals surface area contributed by atoms with Crippen LogP contribution in [0, 0.1) is 0 Å². The van der Waals surface area contributed by atoms with Crippen molar-refractivity contribution in [1.29, 1.82) is 0 Å². The van der Waals surface area contributed by atoms with Crippen molar-refractivity contribution in [2.45, 2.75) is 42.6 Å². The van der Waals surface area contributed by atoms with Crippen molar-refractivity contribution in [3.8, 4) is 0 Å². The Hall–Kier alpha value is -0.530.